The lowest BCUT2D eigenvalue weighted by atomic mass is 10.2. The van der Waals surface area contributed by atoms with Crippen molar-refractivity contribution in [3.8, 4) is 0 Å². The number of aliphatic hydroxyl groups is 2. The normalized spacial score (nSPS) is 17.9. The number of carboxylic acids is 4. The van der Waals surface area contributed by atoms with Gasteiger partial charge in [-0.2, -0.15) is 0 Å². The summed E-state index contributed by atoms with van der Waals surface area (Å²) in [5.74, 6) is -9.45. The van der Waals surface area contributed by atoms with Crippen molar-refractivity contribution in [2.75, 3.05) is 46.2 Å². The molecule has 119 heavy (non-hydrogen) atoms. The number of carbonyl (C=O) groups is 13. The van der Waals surface area contributed by atoms with Gasteiger partial charge in [-0.25, -0.2) is 43.2 Å². The predicted molar refractivity (Wildman–Crippen MR) is 438 cm³/mol. The predicted octanol–water partition coefficient (Wildman–Crippen LogP) is 7.92. The summed E-state index contributed by atoms with van der Waals surface area (Å²) in [4.78, 5) is 141. The third-order valence-corrected chi connectivity index (χ3v) is 17.2. The number of hydrogen-bond acceptors (Lipinski definition) is 30. The smallest absolute Gasteiger partial charge is 0.350 e. The number of alkyl halides is 3. The number of halogens is 4. The minimum absolute atomic E-state index is 0.00614. The fourth-order valence-electron chi connectivity index (χ4n) is 8.16. The van der Waals surface area contributed by atoms with Gasteiger partial charge in [0.25, 0.3) is 0 Å². The van der Waals surface area contributed by atoms with E-state index in [4.69, 9.17) is 93.2 Å². The molecule has 0 amide bonds. The molecule has 0 bridgehead atoms. The molecule has 0 aliphatic carbocycles. The molecule has 3 aliphatic rings. The van der Waals surface area contributed by atoms with Crippen molar-refractivity contribution in [3.63, 3.8) is 0 Å². The third kappa shape index (κ3) is 47.7. The van der Waals surface area contributed by atoms with Gasteiger partial charge in [0.15, 0.2) is 24.4 Å². The average molecular weight is 1980 g/mol. The number of aliphatic carboxylic acids is 4. The third-order valence-electron chi connectivity index (χ3n) is 14.6. The molecule has 8 N–H and O–H groups in total. The summed E-state index contributed by atoms with van der Waals surface area (Å²) in [6.45, 7) is 10.3. The Morgan fingerprint density at radius 3 is 0.899 bits per heavy atom. The van der Waals surface area contributed by atoms with Crippen LogP contribution < -0.4 is 5.73 Å². The molecular formula is C81H95Br3INO33. The molecule has 0 radical (unpaired) electrons. The van der Waals surface area contributed by atoms with E-state index in [2.05, 4.69) is 57.3 Å². The van der Waals surface area contributed by atoms with Crippen LogP contribution in [0.3, 0.4) is 0 Å². The first-order chi connectivity index (χ1) is 56.5. The van der Waals surface area contributed by atoms with Gasteiger partial charge in [0.1, 0.15) is 14.8 Å². The van der Waals surface area contributed by atoms with Crippen molar-refractivity contribution < 1.29 is 159 Å². The number of aliphatic hydroxyl groups excluding tert-OH is 2. The molecule has 0 saturated carbocycles. The largest absolute Gasteiger partial charge is 0.480 e. The highest BCUT2D eigenvalue weighted by Crippen LogP contribution is 2.16. The van der Waals surface area contributed by atoms with Gasteiger partial charge in [0.2, 0.25) is 35.2 Å². The van der Waals surface area contributed by atoms with E-state index in [1.807, 2.05) is 205 Å². The van der Waals surface area contributed by atoms with Crippen LogP contribution in [0.1, 0.15) is 74.9 Å². The SMILES string of the molecule is CC(Br)C(=O)Br.CC(Br)C(=O)O[C@@H](COCc1ccccc1)C(=O)O.CC(I)C(=O)O[C@@H](COCc1ccccc1)C(=O)O.CC1OC(=O)[C@H](COCc2ccccc2)OC1=O.C[C@@H]1OC(=O)[C@H](CO)OC1=O.C[C@@H]1OC(=O)[C@H](COCc2ccccc2)OC1=O.N[C@@H](COCc1ccccc1)C(=O)O.O=C(O)[C@@H](O)COCc1ccccc1. The van der Waals surface area contributed by atoms with Crippen LogP contribution in [0.15, 0.2) is 182 Å². The van der Waals surface area contributed by atoms with Gasteiger partial charge >= 0.3 is 71.6 Å². The average Bonchev–Trinajstić information content (AvgIpc) is 0.825. The summed E-state index contributed by atoms with van der Waals surface area (Å²) in [5, 5.41) is 52.1. The zero-order chi connectivity index (χ0) is 88.8. The number of ether oxygens (including phenoxy) is 14. The van der Waals surface area contributed by atoms with E-state index in [1.165, 1.54) is 20.8 Å². The van der Waals surface area contributed by atoms with Crippen LogP contribution in [-0.4, -0.2) is 228 Å². The van der Waals surface area contributed by atoms with Crippen molar-refractivity contribution >= 4 is 147 Å². The number of hydrogen-bond donors (Lipinski definition) is 7. The summed E-state index contributed by atoms with van der Waals surface area (Å²) in [6, 6.07) is 55.7. The fourth-order valence-corrected chi connectivity index (χ4v) is 8.41. The zero-order valence-corrected chi connectivity index (χ0v) is 72.2. The second-order valence-electron chi connectivity index (χ2n) is 24.7. The first kappa shape index (κ1) is 106. The maximum atomic E-state index is 11.4. The molecule has 34 nitrogen and oxygen atoms in total. The van der Waals surface area contributed by atoms with Gasteiger partial charge < -0.3 is 103 Å². The molecule has 0 spiro atoms. The van der Waals surface area contributed by atoms with E-state index in [-0.39, 0.29) is 62.4 Å². The highest BCUT2D eigenvalue weighted by molar-refractivity contribution is 14.1. The highest BCUT2D eigenvalue weighted by Gasteiger charge is 2.38. The number of esters is 8. The summed E-state index contributed by atoms with van der Waals surface area (Å²) < 4.78 is 69.1. The van der Waals surface area contributed by atoms with Crippen LogP contribution in [-0.2, 0) is 168 Å². The Balaban J connectivity index is 0.000000468. The lowest BCUT2D eigenvalue weighted by Gasteiger charge is -2.25. The minimum atomic E-state index is -1.45. The molecular weight excluding hydrogens is 1880 g/mol. The number of nitrogens with two attached hydrogens (primary N) is 1. The van der Waals surface area contributed by atoms with Crippen LogP contribution in [0.5, 0.6) is 0 Å². The summed E-state index contributed by atoms with van der Waals surface area (Å²) >= 11 is 10.7. The molecule has 4 unspecified atom stereocenters. The highest BCUT2D eigenvalue weighted by atomic mass is 127. The zero-order valence-electron chi connectivity index (χ0n) is 65.3. The first-order valence-corrected chi connectivity index (χ1v) is 39.8. The van der Waals surface area contributed by atoms with Crippen LogP contribution in [0.4, 0.5) is 0 Å². The Kier molecular flexibility index (Phi) is 53.9. The van der Waals surface area contributed by atoms with Crippen LogP contribution in [0, 0.1) is 0 Å². The molecule has 6 aromatic carbocycles. The molecule has 3 heterocycles. The van der Waals surface area contributed by atoms with Crippen LogP contribution >= 0.6 is 70.4 Å². The molecule has 6 aromatic rings. The Morgan fingerprint density at radius 2 is 0.647 bits per heavy atom. The maximum Gasteiger partial charge on any atom is 0.350 e. The second-order valence-corrected chi connectivity index (χ2v) is 30.1. The number of rotatable bonds is 34. The topological polar surface area (TPSA) is 499 Å². The lowest BCUT2D eigenvalue weighted by molar-refractivity contribution is -0.197. The Morgan fingerprint density at radius 1 is 0.387 bits per heavy atom. The quantitative estimate of drug-likeness (QED) is 0.00663. The Bertz CT molecular complexity index is 3780. The van der Waals surface area contributed by atoms with E-state index in [0.29, 0.717) is 26.4 Å². The van der Waals surface area contributed by atoms with Crippen molar-refractivity contribution in [1.29, 1.82) is 0 Å². The fraction of sp³-hybridized carbons (Fsp3) is 0.395. The van der Waals surface area contributed by atoms with Gasteiger partial charge in [0, 0.05) is 0 Å². The van der Waals surface area contributed by atoms with Gasteiger partial charge in [-0.05, 0) is 90.9 Å². The Hall–Kier alpha value is -9.56. The second kappa shape index (κ2) is 60.8. The molecule has 3 fully saturated rings. The van der Waals surface area contributed by atoms with Gasteiger partial charge in [-0.3, -0.25) is 19.2 Å². The van der Waals surface area contributed by atoms with E-state index in [1.54, 1.807) is 20.8 Å². The van der Waals surface area contributed by atoms with E-state index in [0.717, 1.165) is 33.4 Å². The Labute approximate surface area is 724 Å². The molecule has 3 saturated heterocycles. The lowest BCUT2D eigenvalue weighted by Crippen LogP contribution is -2.44. The van der Waals surface area contributed by atoms with Crippen molar-refractivity contribution in [2.45, 2.75) is 156 Å². The maximum absolute atomic E-state index is 11.4. The van der Waals surface area contributed by atoms with Gasteiger partial charge in [0.05, 0.1) is 90.7 Å². The van der Waals surface area contributed by atoms with Crippen LogP contribution in [0.25, 0.3) is 0 Å². The molecule has 3 aliphatic heterocycles. The minimum Gasteiger partial charge on any atom is -0.480 e. The van der Waals surface area contributed by atoms with Gasteiger partial charge in [-0.15, -0.1) is 0 Å². The first-order valence-electron chi connectivity index (χ1n) is 35.9. The molecule has 38 heteroatoms. The number of carbonyl (C=O) groups excluding carboxylic acids is 9. The van der Waals surface area contributed by atoms with Crippen LogP contribution in [0.2, 0.25) is 0 Å². The van der Waals surface area contributed by atoms with Crippen molar-refractivity contribution in [3.05, 3.63) is 215 Å². The van der Waals surface area contributed by atoms with E-state index < -0.39 is 148 Å². The molecule has 9 rings (SSSR count). The molecule has 0 aromatic heterocycles. The van der Waals surface area contributed by atoms with Gasteiger partial charge in [-0.1, -0.05) is 236 Å². The molecule has 650 valence electrons. The number of carboxylic acid groups (broad SMARTS) is 4. The number of cyclic esters (lactones) is 6. The summed E-state index contributed by atoms with van der Waals surface area (Å²) in [7, 11) is 0. The standard InChI is InChI=1S/C13H15BrO5.C13H15IO5.2C13H14O5.C10H13NO3.C10H12O4.C6H8O5.C3H4Br2O/c2*1-9(14)13(17)19-11(12(15)16)8-18-7-10-5-3-2-4-6-10;2*1-9-12(14)18-11(13(15)17-9)8-16-7-10-5-3-2-4-6-10;2*11-9(10(12)13)7-14-6-8-4-2-1-3-5-8;1-3-5(8)11-4(2-7)6(9)10-3;1-2(4)3(5)6/h2*2-6,9,11H,7-8H2,1H3,(H,15,16);2*2-6,9,11H,7-8H2,1H3;1-5,9H,6-7,11H2,(H,12,13);1-5,9,11H,6-7H2,(H,12,13);3-4,7H,2H2,1H3;2H,1H3/t3*9?,11-;9-,11-;2*9-;3-,4-;/m0000000./s1. The van der Waals surface area contributed by atoms with Crippen molar-refractivity contribution in [1.82, 2.24) is 0 Å². The summed E-state index contributed by atoms with van der Waals surface area (Å²) in [5.41, 5.74) is 11.0. The summed E-state index contributed by atoms with van der Waals surface area (Å²) in [6.07, 6.45) is -9.59. The van der Waals surface area contributed by atoms with E-state index in [9.17, 15) is 62.3 Å². The van der Waals surface area contributed by atoms with E-state index >= 15 is 0 Å². The van der Waals surface area contributed by atoms with Crippen molar-refractivity contribution in [2.24, 2.45) is 5.73 Å². The number of benzene rings is 6. The molecule has 13 atom stereocenters. The monoisotopic (exact) mass is 1970 g/mol.